The Bertz CT molecular complexity index is 611. The minimum Gasteiger partial charge on any atom is -0.495 e. The first-order valence-electron chi connectivity index (χ1n) is 6.14. The monoisotopic (exact) mass is 402 g/mol. The van der Waals surface area contributed by atoms with Gasteiger partial charge in [0.2, 0.25) is 10.0 Å². The van der Waals surface area contributed by atoms with Crippen molar-refractivity contribution >= 4 is 38.4 Å². The van der Waals surface area contributed by atoms with Crippen molar-refractivity contribution in [2.45, 2.75) is 23.8 Å². The number of hydrogen-bond donors (Lipinski definition) is 2. The topological polar surface area (TPSA) is 81.4 Å². The smallest absolute Gasteiger partial charge is 0.244 e. The van der Waals surface area contributed by atoms with Crippen LogP contribution in [-0.2, 0) is 10.0 Å². The third kappa shape index (κ3) is 4.29. The quantitative estimate of drug-likeness (QED) is 0.761. The lowest BCUT2D eigenvalue weighted by Crippen LogP contribution is -2.41. The van der Waals surface area contributed by atoms with E-state index in [1.165, 1.54) is 13.2 Å². The molecular weight excluding hydrogens is 387 g/mol. The van der Waals surface area contributed by atoms with E-state index in [0.29, 0.717) is 0 Å². The van der Waals surface area contributed by atoms with Crippen molar-refractivity contribution in [3.63, 3.8) is 0 Å². The van der Waals surface area contributed by atoms with Gasteiger partial charge in [0.25, 0.3) is 0 Å². The van der Waals surface area contributed by atoms with E-state index in [9.17, 15) is 12.8 Å². The molecular formula is C12H17BrClFN2O3S. The molecule has 0 saturated heterocycles. The van der Waals surface area contributed by atoms with Crippen LogP contribution in [0.15, 0.2) is 21.5 Å². The first-order valence-corrected chi connectivity index (χ1v) is 8.42. The zero-order valence-corrected chi connectivity index (χ0v) is 14.5. The number of nitrogens with two attached hydrogens (primary N) is 1. The summed E-state index contributed by atoms with van der Waals surface area (Å²) in [6, 6.07) is 1.90. The van der Waals surface area contributed by atoms with Crippen LogP contribution in [0.25, 0.3) is 0 Å². The Morgan fingerprint density at radius 2 is 2.14 bits per heavy atom. The Balaban J connectivity index is 0.00000220. The molecule has 0 heterocycles. The minimum absolute atomic E-state index is 0. The zero-order chi connectivity index (χ0) is 14.9. The lowest BCUT2D eigenvalue weighted by Gasteiger charge is -2.17. The summed E-state index contributed by atoms with van der Waals surface area (Å²) in [6.07, 6.45) is 1.91. The molecule has 9 heteroatoms. The van der Waals surface area contributed by atoms with Crippen LogP contribution in [0.4, 0.5) is 4.39 Å². The first kappa shape index (κ1) is 18.6. The summed E-state index contributed by atoms with van der Waals surface area (Å²) in [5.41, 5.74) is 5.58. The lowest BCUT2D eigenvalue weighted by atomic mass is 10.2. The molecule has 1 atom stereocenters. The Hall–Kier alpha value is -0.410. The summed E-state index contributed by atoms with van der Waals surface area (Å²) in [5.74, 6) is -0.319. The molecule has 3 N–H and O–H groups in total. The Morgan fingerprint density at radius 1 is 1.52 bits per heavy atom. The van der Waals surface area contributed by atoms with Crippen LogP contribution in [-0.4, -0.2) is 28.1 Å². The van der Waals surface area contributed by atoms with Gasteiger partial charge in [-0.05, 0) is 46.8 Å². The molecule has 1 aliphatic carbocycles. The van der Waals surface area contributed by atoms with Crippen molar-refractivity contribution < 1.29 is 17.5 Å². The molecule has 0 aromatic heterocycles. The highest BCUT2D eigenvalue weighted by molar-refractivity contribution is 9.10. The van der Waals surface area contributed by atoms with Gasteiger partial charge in [-0.25, -0.2) is 17.5 Å². The van der Waals surface area contributed by atoms with E-state index in [4.69, 9.17) is 10.5 Å². The van der Waals surface area contributed by atoms with Crippen LogP contribution < -0.4 is 15.2 Å². The van der Waals surface area contributed by atoms with E-state index in [0.717, 1.165) is 18.9 Å². The number of halogens is 3. The third-order valence-electron chi connectivity index (χ3n) is 3.25. The van der Waals surface area contributed by atoms with Crippen LogP contribution in [0.1, 0.15) is 12.8 Å². The van der Waals surface area contributed by atoms with Crippen LogP contribution in [0.2, 0.25) is 0 Å². The van der Waals surface area contributed by atoms with Gasteiger partial charge in [-0.1, -0.05) is 0 Å². The molecule has 1 fully saturated rings. The van der Waals surface area contributed by atoms with Gasteiger partial charge in [0.15, 0.2) is 0 Å². The number of methoxy groups -OCH3 is 1. The van der Waals surface area contributed by atoms with Crippen molar-refractivity contribution in [1.82, 2.24) is 4.72 Å². The van der Waals surface area contributed by atoms with Crippen LogP contribution in [0, 0.1) is 11.7 Å². The lowest BCUT2D eigenvalue weighted by molar-refractivity contribution is 0.399. The van der Waals surface area contributed by atoms with E-state index >= 15 is 0 Å². The maximum absolute atomic E-state index is 13.6. The molecule has 1 aliphatic rings. The van der Waals surface area contributed by atoms with E-state index in [-0.39, 0.29) is 46.0 Å². The highest BCUT2D eigenvalue weighted by Crippen LogP contribution is 2.34. The fourth-order valence-corrected chi connectivity index (χ4v) is 3.78. The van der Waals surface area contributed by atoms with Gasteiger partial charge in [0, 0.05) is 12.6 Å². The molecule has 0 aliphatic heterocycles. The highest BCUT2D eigenvalue weighted by Gasteiger charge is 2.34. The summed E-state index contributed by atoms with van der Waals surface area (Å²) < 4.78 is 46.0. The molecule has 1 aromatic carbocycles. The molecule has 0 radical (unpaired) electrons. The van der Waals surface area contributed by atoms with Crippen LogP contribution >= 0.6 is 28.3 Å². The second-order valence-corrected chi connectivity index (χ2v) is 7.25. The molecule has 0 amide bonds. The van der Waals surface area contributed by atoms with Crippen LogP contribution in [0.3, 0.4) is 0 Å². The van der Waals surface area contributed by atoms with E-state index in [1.807, 2.05) is 0 Å². The van der Waals surface area contributed by atoms with E-state index < -0.39 is 15.8 Å². The average molecular weight is 404 g/mol. The van der Waals surface area contributed by atoms with E-state index in [1.54, 1.807) is 0 Å². The predicted molar refractivity (Wildman–Crippen MR) is 83.8 cm³/mol. The molecule has 1 aromatic rings. The Kier molecular flexibility index (Phi) is 6.42. The van der Waals surface area contributed by atoms with E-state index in [2.05, 4.69) is 20.7 Å². The van der Waals surface area contributed by atoms with Gasteiger partial charge in [-0.3, -0.25) is 0 Å². The van der Waals surface area contributed by atoms with Crippen molar-refractivity contribution in [3.8, 4) is 5.75 Å². The molecule has 0 spiro atoms. The fraction of sp³-hybridized carbons (Fsp3) is 0.500. The number of hydrogen-bond acceptors (Lipinski definition) is 4. The number of benzene rings is 1. The SMILES string of the molecule is COc1cc(Br)c(F)cc1S(=O)(=O)NC(CN)C1CC1.Cl. The molecule has 0 bridgehead atoms. The maximum atomic E-state index is 13.6. The standard InChI is InChI=1S/C12H16BrFN2O3S.ClH/c1-19-11-4-8(13)9(14)5-12(11)20(17,18)16-10(6-15)7-2-3-7;/h4-5,7,10,16H,2-3,6,15H2,1H3;1H. The largest absolute Gasteiger partial charge is 0.495 e. The van der Waals surface area contributed by atoms with Crippen LogP contribution in [0.5, 0.6) is 5.75 Å². The average Bonchev–Trinajstić information content (AvgIpc) is 3.23. The van der Waals surface area contributed by atoms with Crippen molar-refractivity contribution in [2.75, 3.05) is 13.7 Å². The van der Waals surface area contributed by atoms with Gasteiger partial charge in [0.1, 0.15) is 16.5 Å². The number of nitrogens with one attached hydrogen (secondary N) is 1. The predicted octanol–water partition coefficient (Wildman–Crippen LogP) is 2.03. The first-order chi connectivity index (χ1) is 9.39. The molecule has 1 saturated carbocycles. The van der Waals surface area contributed by atoms with Gasteiger partial charge in [0.05, 0.1) is 11.6 Å². The van der Waals surface area contributed by atoms with Gasteiger partial charge < -0.3 is 10.5 Å². The van der Waals surface area contributed by atoms with Gasteiger partial charge in [-0.2, -0.15) is 0 Å². The number of sulfonamides is 1. The zero-order valence-electron chi connectivity index (χ0n) is 11.3. The molecule has 1 unspecified atom stereocenters. The fourth-order valence-electron chi connectivity index (χ4n) is 1.98. The second kappa shape index (κ2) is 7.23. The number of ether oxygens (including phenoxy) is 1. The Morgan fingerprint density at radius 3 is 2.62 bits per heavy atom. The molecule has 5 nitrogen and oxygen atoms in total. The molecule has 21 heavy (non-hydrogen) atoms. The molecule has 2 rings (SSSR count). The highest BCUT2D eigenvalue weighted by atomic mass is 79.9. The molecule has 120 valence electrons. The maximum Gasteiger partial charge on any atom is 0.244 e. The van der Waals surface area contributed by atoms with Gasteiger partial charge >= 0.3 is 0 Å². The Labute approximate surface area is 138 Å². The summed E-state index contributed by atoms with van der Waals surface area (Å²) in [6.45, 7) is 0.214. The van der Waals surface area contributed by atoms with Gasteiger partial charge in [-0.15, -0.1) is 12.4 Å². The number of rotatable bonds is 6. The third-order valence-corrected chi connectivity index (χ3v) is 5.37. The second-order valence-electron chi connectivity index (χ2n) is 4.72. The van der Waals surface area contributed by atoms with Crippen molar-refractivity contribution in [2.24, 2.45) is 11.7 Å². The summed E-state index contributed by atoms with van der Waals surface area (Å²) in [5, 5.41) is 0. The summed E-state index contributed by atoms with van der Waals surface area (Å²) in [7, 11) is -2.54. The van der Waals surface area contributed by atoms with Crippen molar-refractivity contribution in [3.05, 3.63) is 22.4 Å². The summed E-state index contributed by atoms with van der Waals surface area (Å²) >= 11 is 3.00. The summed E-state index contributed by atoms with van der Waals surface area (Å²) in [4.78, 5) is -0.222. The minimum atomic E-state index is -3.87. The normalized spacial score (nSPS) is 16.2. The van der Waals surface area contributed by atoms with Crippen molar-refractivity contribution in [1.29, 1.82) is 0 Å².